The highest BCUT2D eigenvalue weighted by molar-refractivity contribution is 5.82. The van der Waals surface area contributed by atoms with E-state index in [0.29, 0.717) is 12.5 Å². The number of ether oxygens (including phenoxy) is 1. The lowest BCUT2D eigenvalue weighted by Crippen LogP contribution is -2.47. The Morgan fingerprint density at radius 1 is 1.59 bits per heavy atom. The van der Waals surface area contributed by atoms with Crippen molar-refractivity contribution in [1.29, 1.82) is 0 Å². The summed E-state index contributed by atoms with van der Waals surface area (Å²) in [6.45, 7) is 3.31. The van der Waals surface area contributed by atoms with Gasteiger partial charge in [0.05, 0.1) is 12.6 Å². The number of nitrogens with one attached hydrogen (secondary N) is 1. The normalized spacial score (nSPS) is 23.1. The zero-order valence-corrected chi connectivity index (χ0v) is 10.0. The molecule has 17 heavy (non-hydrogen) atoms. The molecule has 3 unspecified atom stereocenters. The van der Waals surface area contributed by atoms with E-state index in [2.05, 4.69) is 5.32 Å². The molecule has 98 valence electrons. The number of carbonyl (C=O) groups excluding carboxylic acids is 1. The third-order valence-electron chi connectivity index (χ3n) is 3.05. The van der Waals surface area contributed by atoms with Crippen LogP contribution in [0.15, 0.2) is 0 Å². The van der Waals surface area contributed by atoms with Crippen molar-refractivity contribution in [3.63, 3.8) is 0 Å². The van der Waals surface area contributed by atoms with E-state index in [4.69, 9.17) is 15.6 Å². The molecule has 1 aliphatic rings. The maximum atomic E-state index is 11.7. The van der Waals surface area contributed by atoms with Crippen LogP contribution >= 0.6 is 0 Å². The van der Waals surface area contributed by atoms with Gasteiger partial charge in [-0.15, -0.1) is 0 Å². The van der Waals surface area contributed by atoms with Gasteiger partial charge in [0.1, 0.15) is 0 Å². The van der Waals surface area contributed by atoms with Gasteiger partial charge >= 0.3 is 5.97 Å². The number of carboxylic acids is 1. The fourth-order valence-corrected chi connectivity index (χ4v) is 1.81. The van der Waals surface area contributed by atoms with Gasteiger partial charge in [-0.25, -0.2) is 0 Å². The minimum Gasteiger partial charge on any atom is -0.481 e. The predicted molar refractivity (Wildman–Crippen MR) is 61.4 cm³/mol. The van der Waals surface area contributed by atoms with Crippen LogP contribution in [0.1, 0.15) is 26.2 Å². The first-order chi connectivity index (χ1) is 8.00. The summed E-state index contributed by atoms with van der Waals surface area (Å²) in [6, 6.07) is -0.739. The zero-order chi connectivity index (χ0) is 12.8. The number of hydrogen-bond donors (Lipinski definition) is 3. The second kappa shape index (κ2) is 6.56. The van der Waals surface area contributed by atoms with Crippen molar-refractivity contribution < 1.29 is 19.4 Å². The largest absolute Gasteiger partial charge is 0.481 e. The Morgan fingerprint density at radius 2 is 2.29 bits per heavy atom. The van der Waals surface area contributed by atoms with E-state index in [-0.39, 0.29) is 24.8 Å². The van der Waals surface area contributed by atoms with Crippen LogP contribution in [0.5, 0.6) is 0 Å². The number of carboxylic acid groups (broad SMARTS) is 1. The molecular formula is C11H20N2O4. The van der Waals surface area contributed by atoms with E-state index in [1.165, 1.54) is 0 Å². The summed E-state index contributed by atoms with van der Waals surface area (Å²) in [5, 5.41) is 11.3. The minimum absolute atomic E-state index is 0.0147. The molecule has 0 aromatic carbocycles. The molecule has 6 heteroatoms. The van der Waals surface area contributed by atoms with Crippen LogP contribution in [-0.4, -0.2) is 42.3 Å². The van der Waals surface area contributed by atoms with E-state index in [9.17, 15) is 9.59 Å². The fourth-order valence-electron chi connectivity index (χ4n) is 1.81. The molecule has 6 nitrogen and oxygen atoms in total. The Bertz CT molecular complexity index is 277. The molecule has 0 aromatic rings. The van der Waals surface area contributed by atoms with Gasteiger partial charge < -0.3 is 20.9 Å². The lowest BCUT2D eigenvalue weighted by Gasteiger charge is -2.21. The van der Waals surface area contributed by atoms with Gasteiger partial charge in [0, 0.05) is 25.0 Å². The van der Waals surface area contributed by atoms with Crippen LogP contribution in [0, 0.1) is 5.92 Å². The van der Waals surface area contributed by atoms with Crippen molar-refractivity contribution in [2.45, 2.75) is 38.3 Å². The first-order valence-corrected chi connectivity index (χ1v) is 5.86. The molecule has 1 fully saturated rings. The SMILES string of the molecule is CC(NC(=O)C(N)CCC(=O)O)C1CCOC1. The Balaban J connectivity index is 2.29. The number of nitrogens with two attached hydrogens (primary N) is 1. The molecule has 1 heterocycles. The maximum Gasteiger partial charge on any atom is 0.303 e. The quantitative estimate of drug-likeness (QED) is 0.596. The van der Waals surface area contributed by atoms with Crippen LogP contribution in [-0.2, 0) is 14.3 Å². The summed E-state index contributed by atoms with van der Waals surface area (Å²) in [6.07, 6.45) is 1.01. The van der Waals surface area contributed by atoms with E-state index >= 15 is 0 Å². The van der Waals surface area contributed by atoms with Crippen molar-refractivity contribution >= 4 is 11.9 Å². The average molecular weight is 244 g/mol. The van der Waals surface area contributed by atoms with Crippen molar-refractivity contribution in [2.24, 2.45) is 11.7 Å². The zero-order valence-electron chi connectivity index (χ0n) is 10.0. The van der Waals surface area contributed by atoms with Gasteiger partial charge in [-0.1, -0.05) is 0 Å². The van der Waals surface area contributed by atoms with Crippen molar-refractivity contribution in [3.05, 3.63) is 0 Å². The van der Waals surface area contributed by atoms with Gasteiger partial charge in [-0.3, -0.25) is 9.59 Å². The van der Waals surface area contributed by atoms with Gasteiger partial charge in [-0.05, 0) is 19.8 Å². The summed E-state index contributed by atoms with van der Waals surface area (Å²) in [5.41, 5.74) is 5.61. The molecule has 0 spiro atoms. The lowest BCUT2D eigenvalue weighted by atomic mass is 10.00. The van der Waals surface area contributed by atoms with Gasteiger partial charge in [-0.2, -0.15) is 0 Å². The Hall–Kier alpha value is -1.14. The second-order valence-electron chi connectivity index (χ2n) is 4.46. The van der Waals surface area contributed by atoms with Gasteiger partial charge in [0.15, 0.2) is 0 Å². The highest BCUT2D eigenvalue weighted by Crippen LogP contribution is 2.16. The molecule has 4 N–H and O–H groups in total. The number of rotatable bonds is 6. The highest BCUT2D eigenvalue weighted by Gasteiger charge is 2.25. The summed E-state index contributed by atoms with van der Waals surface area (Å²) < 4.78 is 5.24. The van der Waals surface area contributed by atoms with E-state index in [1.807, 2.05) is 6.92 Å². The molecule has 0 aromatic heterocycles. The number of carbonyl (C=O) groups is 2. The topological polar surface area (TPSA) is 102 Å². The molecule has 1 amide bonds. The highest BCUT2D eigenvalue weighted by atomic mass is 16.5. The first kappa shape index (κ1) is 13.9. The van der Waals surface area contributed by atoms with E-state index < -0.39 is 12.0 Å². The van der Waals surface area contributed by atoms with Gasteiger partial charge in [0.25, 0.3) is 0 Å². The summed E-state index contributed by atoms with van der Waals surface area (Å²) in [4.78, 5) is 22.0. The van der Waals surface area contributed by atoms with Gasteiger partial charge in [0.2, 0.25) is 5.91 Å². The van der Waals surface area contributed by atoms with Crippen LogP contribution in [0.4, 0.5) is 0 Å². The van der Waals surface area contributed by atoms with Crippen molar-refractivity contribution in [1.82, 2.24) is 5.32 Å². The summed E-state index contributed by atoms with van der Waals surface area (Å²) >= 11 is 0. The molecular weight excluding hydrogens is 224 g/mol. The minimum atomic E-state index is -0.939. The Morgan fingerprint density at radius 3 is 2.82 bits per heavy atom. The first-order valence-electron chi connectivity index (χ1n) is 5.86. The van der Waals surface area contributed by atoms with Crippen molar-refractivity contribution in [2.75, 3.05) is 13.2 Å². The number of amides is 1. The Labute approximate surface area is 101 Å². The molecule has 1 rings (SSSR count). The van der Waals surface area contributed by atoms with Crippen LogP contribution in [0.25, 0.3) is 0 Å². The molecule has 3 atom stereocenters. The van der Waals surface area contributed by atoms with E-state index in [1.54, 1.807) is 0 Å². The third kappa shape index (κ3) is 4.70. The molecule has 0 bridgehead atoms. The summed E-state index contributed by atoms with van der Waals surface area (Å²) in [5.74, 6) is -0.901. The fraction of sp³-hybridized carbons (Fsp3) is 0.818. The predicted octanol–water partition coefficient (Wildman–Crippen LogP) is -0.280. The van der Waals surface area contributed by atoms with E-state index in [0.717, 1.165) is 13.0 Å². The van der Waals surface area contributed by atoms with Crippen LogP contribution in [0.2, 0.25) is 0 Å². The average Bonchev–Trinajstić information content (AvgIpc) is 2.78. The van der Waals surface area contributed by atoms with Crippen molar-refractivity contribution in [3.8, 4) is 0 Å². The monoisotopic (exact) mass is 244 g/mol. The molecule has 1 aliphatic heterocycles. The lowest BCUT2D eigenvalue weighted by molar-refractivity contribution is -0.137. The van der Waals surface area contributed by atoms with Crippen LogP contribution in [0.3, 0.4) is 0 Å². The molecule has 1 saturated heterocycles. The number of hydrogen-bond acceptors (Lipinski definition) is 4. The standard InChI is InChI=1S/C11H20N2O4/c1-7(8-4-5-17-6-8)13-11(16)9(12)2-3-10(14)15/h7-9H,2-6,12H2,1H3,(H,13,16)(H,14,15). The third-order valence-corrected chi connectivity index (χ3v) is 3.05. The van der Waals surface area contributed by atoms with Crippen LogP contribution < -0.4 is 11.1 Å². The molecule has 0 aliphatic carbocycles. The maximum absolute atomic E-state index is 11.7. The molecule has 0 saturated carbocycles. The number of aliphatic carboxylic acids is 1. The molecule has 0 radical (unpaired) electrons. The summed E-state index contributed by atoms with van der Waals surface area (Å²) in [7, 11) is 0. The smallest absolute Gasteiger partial charge is 0.303 e. The Kier molecular flexibility index (Phi) is 5.37. The second-order valence-corrected chi connectivity index (χ2v) is 4.46.